The van der Waals surface area contributed by atoms with Crippen molar-refractivity contribution in [1.82, 2.24) is 0 Å². The van der Waals surface area contributed by atoms with Crippen LogP contribution >= 0.6 is 0 Å². The third-order valence-electron chi connectivity index (χ3n) is 3.14. The molecule has 0 heterocycles. The van der Waals surface area contributed by atoms with Gasteiger partial charge in [-0.2, -0.15) is 0 Å². The van der Waals surface area contributed by atoms with Crippen LogP contribution in [-0.2, 0) is 0 Å². The van der Waals surface area contributed by atoms with E-state index < -0.39 is 0 Å². The van der Waals surface area contributed by atoms with Gasteiger partial charge in [0.1, 0.15) is 0 Å². The van der Waals surface area contributed by atoms with Crippen LogP contribution in [0.3, 0.4) is 0 Å². The van der Waals surface area contributed by atoms with E-state index in [9.17, 15) is 0 Å². The minimum atomic E-state index is 0.102. The molecule has 1 nitrogen and oxygen atoms in total. The van der Waals surface area contributed by atoms with Gasteiger partial charge in [-0.15, -0.1) is 0 Å². The molecule has 0 spiro atoms. The maximum atomic E-state index is 6.32. The molecule has 1 rings (SSSR count). The van der Waals surface area contributed by atoms with Crippen LogP contribution in [0, 0.1) is 11.8 Å². The molecular weight excluding hydrogens is 146 g/mol. The molecule has 2 N–H and O–H groups in total. The molecule has 1 atom stereocenters. The highest BCUT2D eigenvalue weighted by molar-refractivity contribution is 4.90. The van der Waals surface area contributed by atoms with E-state index in [-0.39, 0.29) is 5.54 Å². The maximum absolute atomic E-state index is 6.32. The molecular formula is C11H23N. The number of nitrogens with two attached hydrogens (primary N) is 1. The van der Waals surface area contributed by atoms with Crippen molar-refractivity contribution in [2.24, 2.45) is 17.6 Å². The predicted octanol–water partition coefficient (Wildman–Crippen LogP) is 2.94. The zero-order valence-corrected chi connectivity index (χ0v) is 8.77. The van der Waals surface area contributed by atoms with Crippen LogP contribution in [0.25, 0.3) is 0 Å². The summed E-state index contributed by atoms with van der Waals surface area (Å²) in [7, 11) is 0. The van der Waals surface area contributed by atoms with E-state index in [1.165, 1.54) is 32.1 Å². The SMILES string of the molecule is CC(C)CC(C)(N)C1CCCC1. The lowest BCUT2D eigenvalue weighted by molar-refractivity contribution is 0.251. The first-order chi connectivity index (χ1) is 5.52. The summed E-state index contributed by atoms with van der Waals surface area (Å²) in [6.07, 6.45) is 6.70. The third-order valence-corrected chi connectivity index (χ3v) is 3.14. The predicted molar refractivity (Wildman–Crippen MR) is 54.0 cm³/mol. The summed E-state index contributed by atoms with van der Waals surface area (Å²) in [5.41, 5.74) is 6.42. The normalized spacial score (nSPS) is 24.8. The van der Waals surface area contributed by atoms with E-state index in [0.717, 1.165) is 11.8 Å². The monoisotopic (exact) mass is 169 g/mol. The molecule has 0 aromatic carbocycles. The molecule has 0 amide bonds. The third kappa shape index (κ3) is 2.48. The molecule has 0 bridgehead atoms. The molecule has 0 aliphatic heterocycles. The molecule has 1 fully saturated rings. The molecule has 0 radical (unpaired) electrons. The largest absolute Gasteiger partial charge is 0.325 e. The molecule has 0 saturated heterocycles. The van der Waals surface area contributed by atoms with Gasteiger partial charge in [0.15, 0.2) is 0 Å². The average molecular weight is 169 g/mol. The van der Waals surface area contributed by atoms with E-state index in [0.29, 0.717) is 0 Å². The fourth-order valence-corrected chi connectivity index (χ4v) is 2.63. The summed E-state index contributed by atoms with van der Waals surface area (Å²) in [6.45, 7) is 6.77. The first-order valence-electron chi connectivity index (χ1n) is 5.31. The lowest BCUT2D eigenvalue weighted by atomic mass is 9.79. The second kappa shape index (κ2) is 3.78. The maximum Gasteiger partial charge on any atom is 0.0156 e. The van der Waals surface area contributed by atoms with Crippen molar-refractivity contribution in [3.05, 3.63) is 0 Å². The molecule has 0 aromatic rings. The van der Waals surface area contributed by atoms with Gasteiger partial charge < -0.3 is 5.73 Å². The Labute approximate surface area is 76.7 Å². The first-order valence-corrected chi connectivity index (χ1v) is 5.31. The zero-order chi connectivity index (χ0) is 9.19. The van der Waals surface area contributed by atoms with Crippen molar-refractivity contribution in [3.63, 3.8) is 0 Å². The minimum Gasteiger partial charge on any atom is -0.325 e. The molecule has 1 aliphatic carbocycles. The Morgan fingerprint density at radius 3 is 2.25 bits per heavy atom. The smallest absolute Gasteiger partial charge is 0.0156 e. The van der Waals surface area contributed by atoms with Gasteiger partial charge in [-0.1, -0.05) is 26.7 Å². The average Bonchev–Trinajstić information content (AvgIpc) is 2.32. The van der Waals surface area contributed by atoms with Crippen molar-refractivity contribution >= 4 is 0 Å². The highest BCUT2D eigenvalue weighted by Gasteiger charge is 2.32. The van der Waals surface area contributed by atoms with Gasteiger partial charge in [0.25, 0.3) is 0 Å². The second-order valence-corrected chi connectivity index (χ2v) is 5.09. The van der Waals surface area contributed by atoms with Crippen LogP contribution in [0.5, 0.6) is 0 Å². The van der Waals surface area contributed by atoms with Crippen LogP contribution in [0.15, 0.2) is 0 Å². The summed E-state index contributed by atoms with van der Waals surface area (Å²) >= 11 is 0. The molecule has 1 unspecified atom stereocenters. The van der Waals surface area contributed by atoms with E-state index in [2.05, 4.69) is 20.8 Å². The quantitative estimate of drug-likeness (QED) is 0.690. The van der Waals surface area contributed by atoms with E-state index in [1.807, 2.05) is 0 Å². The van der Waals surface area contributed by atoms with Crippen molar-refractivity contribution in [2.75, 3.05) is 0 Å². The highest BCUT2D eigenvalue weighted by Crippen LogP contribution is 2.35. The van der Waals surface area contributed by atoms with Gasteiger partial charge in [0.05, 0.1) is 0 Å². The van der Waals surface area contributed by atoms with Crippen LogP contribution < -0.4 is 5.73 Å². The number of hydrogen-bond donors (Lipinski definition) is 1. The Balaban J connectivity index is 2.45. The Morgan fingerprint density at radius 1 is 1.33 bits per heavy atom. The fourth-order valence-electron chi connectivity index (χ4n) is 2.63. The van der Waals surface area contributed by atoms with Gasteiger partial charge in [-0.3, -0.25) is 0 Å². The summed E-state index contributed by atoms with van der Waals surface area (Å²) in [4.78, 5) is 0. The molecule has 1 heteroatoms. The Kier molecular flexibility index (Phi) is 3.16. The van der Waals surface area contributed by atoms with Crippen LogP contribution in [0.4, 0.5) is 0 Å². The van der Waals surface area contributed by atoms with Crippen molar-refractivity contribution < 1.29 is 0 Å². The summed E-state index contributed by atoms with van der Waals surface area (Å²) in [5.74, 6) is 1.53. The Hall–Kier alpha value is -0.0400. The van der Waals surface area contributed by atoms with Crippen LogP contribution in [-0.4, -0.2) is 5.54 Å². The summed E-state index contributed by atoms with van der Waals surface area (Å²) in [5, 5.41) is 0. The lowest BCUT2D eigenvalue weighted by Gasteiger charge is -2.33. The van der Waals surface area contributed by atoms with Crippen LogP contribution in [0.2, 0.25) is 0 Å². The highest BCUT2D eigenvalue weighted by atomic mass is 14.7. The van der Waals surface area contributed by atoms with Crippen molar-refractivity contribution in [1.29, 1.82) is 0 Å². The van der Waals surface area contributed by atoms with Gasteiger partial charge >= 0.3 is 0 Å². The van der Waals surface area contributed by atoms with Gasteiger partial charge in [-0.05, 0) is 38.0 Å². The van der Waals surface area contributed by atoms with Gasteiger partial charge in [-0.25, -0.2) is 0 Å². The summed E-state index contributed by atoms with van der Waals surface area (Å²) < 4.78 is 0. The Bertz CT molecular complexity index is 132. The van der Waals surface area contributed by atoms with Gasteiger partial charge in [0.2, 0.25) is 0 Å². The second-order valence-electron chi connectivity index (χ2n) is 5.09. The number of rotatable bonds is 3. The number of hydrogen-bond acceptors (Lipinski definition) is 1. The molecule has 72 valence electrons. The standard InChI is InChI=1S/C11H23N/c1-9(2)8-11(3,12)10-6-4-5-7-10/h9-10H,4-8,12H2,1-3H3. The molecule has 1 saturated carbocycles. The zero-order valence-electron chi connectivity index (χ0n) is 8.77. The Morgan fingerprint density at radius 2 is 1.83 bits per heavy atom. The van der Waals surface area contributed by atoms with E-state index >= 15 is 0 Å². The molecule has 0 aromatic heterocycles. The van der Waals surface area contributed by atoms with E-state index in [1.54, 1.807) is 0 Å². The first kappa shape index (κ1) is 10.0. The fraction of sp³-hybridized carbons (Fsp3) is 1.00. The minimum absolute atomic E-state index is 0.102. The van der Waals surface area contributed by atoms with Crippen molar-refractivity contribution in [3.8, 4) is 0 Å². The molecule has 12 heavy (non-hydrogen) atoms. The molecule has 1 aliphatic rings. The topological polar surface area (TPSA) is 26.0 Å². The van der Waals surface area contributed by atoms with Crippen LogP contribution in [0.1, 0.15) is 52.9 Å². The van der Waals surface area contributed by atoms with Crippen molar-refractivity contribution in [2.45, 2.75) is 58.4 Å². The van der Waals surface area contributed by atoms with E-state index in [4.69, 9.17) is 5.73 Å². The lowest BCUT2D eigenvalue weighted by Crippen LogP contribution is -2.44. The van der Waals surface area contributed by atoms with Gasteiger partial charge in [0, 0.05) is 5.54 Å². The summed E-state index contributed by atoms with van der Waals surface area (Å²) in [6, 6.07) is 0.